The molecule has 2 atom stereocenters. The summed E-state index contributed by atoms with van der Waals surface area (Å²) in [5, 5.41) is 2.95. The minimum absolute atomic E-state index is 0.0275. The Balaban J connectivity index is 2.34. The fourth-order valence-corrected chi connectivity index (χ4v) is 1.62. The molecule has 0 radical (unpaired) electrons. The van der Waals surface area contributed by atoms with Gasteiger partial charge >= 0.3 is 0 Å². The molecule has 1 heterocycles. The molecule has 1 fully saturated rings. The van der Waals surface area contributed by atoms with E-state index in [0.29, 0.717) is 26.2 Å². The Bertz CT molecular complexity index is 211. The van der Waals surface area contributed by atoms with Gasteiger partial charge < -0.3 is 20.5 Å². The van der Waals surface area contributed by atoms with Crippen LogP contribution < -0.4 is 11.1 Å². The van der Waals surface area contributed by atoms with E-state index < -0.39 is 0 Å². The average Bonchev–Trinajstić information content (AvgIpc) is 2.61. The molecule has 15 heavy (non-hydrogen) atoms. The lowest BCUT2D eigenvalue weighted by atomic mass is 10.0. The van der Waals surface area contributed by atoms with Crippen molar-refractivity contribution >= 4 is 5.91 Å². The molecule has 1 saturated heterocycles. The van der Waals surface area contributed by atoms with Gasteiger partial charge in [-0.1, -0.05) is 0 Å². The fraction of sp³-hybridized carbons (Fsp3) is 0.900. The first kappa shape index (κ1) is 12.4. The van der Waals surface area contributed by atoms with E-state index in [1.807, 2.05) is 6.92 Å². The van der Waals surface area contributed by atoms with E-state index in [4.69, 9.17) is 15.2 Å². The Labute approximate surface area is 90.3 Å². The van der Waals surface area contributed by atoms with Crippen LogP contribution in [0.5, 0.6) is 0 Å². The average molecular weight is 216 g/mol. The zero-order chi connectivity index (χ0) is 11.3. The second kappa shape index (κ2) is 5.44. The van der Waals surface area contributed by atoms with E-state index >= 15 is 0 Å². The zero-order valence-electron chi connectivity index (χ0n) is 9.41. The lowest BCUT2D eigenvalue weighted by molar-refractivity contribution is -0.125. The van der Waals surface area contributed by atoms with Crippen molar-refractivity contribution < 1.29 is 14.3 Å². The Hall–Kier alpha value is -0.650. The summed E-state index contributed by atoms with van der Waals surface area (Å²) in [6.07, 6.45) is 0.970. The number of nitrogens with two attached hydrogens (primary N) is 1. The summed E-state index contributed by atoms with van der Waals surface area (Å²) in [6, 6.07) is 0. The maximum atomic E-state index is 11.6. The highest BCUT2D eigenvalue weighted by molar-refractivity contribution is 5.77. The SMILES string of the molecule is COC(CN)CC(=O)NC1(C)CCOC1. The Morgan fingerprint density at radius 3 is 2.93 bits per heavy atom. The summed E-state index contributed by atoms with van der Waals surface area (Å²) >= 11 is 0. The van der Waals surface area contributed by atoms with Crippen molar-refractivity contribution in [1.82, 2.24) is 5.32 Å². The molecule has 3 N–H and O–H groups in total. The first-order chi connectivity index (χ1) is 7.09. The van der Waals surface area contributed by atoms with Crippen LogP contribution in [0.15, 0.2) is 0 Å². The third-order valence-electron chi connectivity index (χ3n) is 2.67. The lowest BCUT2D eigenvalue weighted by Gasteiger charge is -2.24. The van der Waals surface area contributed by atoms with Gasteiger partial charge in [0.2, 0.25) is 5.91 Å². The summed E-state index contributed by atoms with van der Waals surface area (Å²) in [5.41, 5.74) is 5.22. The Morgan fingerprint density at radius 1 is 1.73 bits per heavy atom. The highest BCUT2D eigenvalue weighted by Crippen LogP contribution is 2.17. The third-order valence-corrected chi connectivity index (χ3v) is 2.67. The Kier molecular flexibility index (Phi) is 4.50. The summed E-state index contributed by atoms with van der Waals surface area (Å²) in [7, 11) is 1.56. The molecule has 0 aliphatic carbocycles. The Morgan fingerprint density at radius 2 is 2.47 bits per heavy atom. The van der Waals surface area contributed by atoms with Crippen LogP contribution in [-0.2, 0) is 14.3 Å². The standard InChI is InChI=1S/C10H20N2O3/c1-10(3-4-15-7-10)12-9(13)5-8(6-11)14-2/h8H,3-7,11H2,1-2H3,(H,12,13). The van der Waals surface area contributed by atoms with Gasteiger partial charge in [-0.15, -0.1) is 0 Å². The molecule has 1 amide bonds. The molecule has 0 bridgehead atoms. The summed E-state index contributed by atoms with van der Waals surface area (Å²) in [4.78, 5) is 11.6. The monoisotopic (exact) mass is 216 g/mol. The smallest absolute Gasteiger partial charge is 0.223 e. The largest absolute Gasteiger partial charge is 0.380 e. The van der Waals surface area contributed by atoms with E-state index in [9.17, 15) is 4.79 Å². The van der Waals surface area contributed by atoms with Crippen molar-refractivity contribution in [3.63, 3.8) is 0 Å². The molecule has 0 aromatic rings. The summed E-state index contributed by atoms with van der Waals surface area (Å²) in [5.74, 6) is -0.0275. The highest BCUT2D eigenvalue weighted by atomic mass is 16.5. The maximum Gasteiger partial charge on any atom is 0.223 e. The molecule has 0 aromatic heterocycles. The summed E-state index contributed by atoms with van der Waals surface area (Å²) < 4.78 is 10.3. The van der Waals surface area contributed by atoms with Crippen LogP contribution in [-0.4, -0.2) is 44.4 Å². The van der Waals surface area contributed by atoms with Gasteiger partial charge in [0.05, 0.1) is 24.7 Å². The molecule has 88 valence electrons. The van der Waals surface area contributed by atoms with E-state index in [0.717, 1.165) is 6.42 Å². The molecular formula is C10H20N2O3. The number of carbonyl (C=O) groups is 1. The number of rotatable bonds is 5. The first-order valence-corrected chi connectivity index (χ1v) is 5.21. The van der Waals surface area contributed by atoms with E-state index in [-0.39, 0.29) is 17.6 Å². The summed E-state index contributed by atoms with van der Waals surface area (Å²) in [6.45, 7) is 3.64. The van der Waals surface area contributed by atoms with Crippen molar-refractivity contribution in [2.45, 2.75) is 31.4 Å². The van der Waals surface area contributed by atoms with Crippen molar-refractivity contribution in [3.8, 4) is 0 Å². The zero-order valence-corrected chi connectivity index (χ0v) is 9.41. The predicted octanol–water partition coefficient (Wildman–Crippen LogP) is -0.355. The number of hydrogen-bond donors (Lipinski definition) is 2. The van der Waals surface area contributed by atoms with Crippen LogP contribution >= 0.6 is 0 Å². The maximum absolute atomic E-state index is 11.6. The fourth-order valence-electron chi connectivity index (χ4n) is 1.62. The third kappa shape index (κ3) is 3.77. The topological polar surface area (TPSA) is 73.6 Å². The molecular weight excluding hydrogens is 196 g/mol. The van der Waals surface area contributed by atoms with Gasteiger partial charge in [0, 0.05) is 20.3 Å². The minimum Gasteiger partial charge on any atom is -0.380 e. The predicted molar refractivity (Wildman–Crippen MR) is 56.5 cm³/mol. The molecule has 2 unspecified atom stereocenters. The lowest BCUT2D eigenvalue weighted by Crippen LogP contribution is -2.47. The van der Waals surface area contributed by atoms with Crippen LogP contribution in [0.2, 0.25) is 0 Å². The quantitative estimate of drug-likeness (QED) is 0.658. The van der Waals surface area contributed by atoms with Crippen molar-refractivity contribution in [2.24, 2.45) is 5.73 Å². The molecule has 0 spiro atoms. The minimum atomic E-state index is -0.218. The second-order valence-corrected chi connectivity index (χ2v) is 4.21. The normalized spacial score (nSPS) is 27.7. The van der Waals surface area contributed by atoms with Gasteiger partial charge in [0.15, 0.2) is 0 Å². The van der Waals surface area contributed by atoms with Crippen LogP contribution in [0.25, 0.3) is 0 Å². The van der Waals surface area contributed by atoms with Crippen molar-refractivity contribution in [2.75, 3.05) is 26.9 Å². The van der Waals surface area contributed by atoms with Gasteiger partial charge in [-0.3, -0.25) is 4.79 Å². The molecule has 1 rings (SSSR count). The van der Waals surface area contributed by atoms with Gasteiger partial charge in [0.25, 0.3) is 0 Å². The van der Waals surface area contributed by atoms with E-state index in [1.54, 1.807) is 7.11 Å². The highest BCUT2D eigenvalue weighted by Gasteiger charge is 2.31. The van der Waals surface area contributed by atoms with Gasteiger partial charge in [0.1, 0.15) is 0 Å². The van der Waals surface area contributed by atoms with Gasteiger partial charge in [-0.2, -0.15) is 0 Å². The van der Waals surface area contributed by atoms with Gasteiger partial charge in [-0.05, 0) is 13.3 Å². The number of methoxy groups -OCH3 is 1. The van der Waals surface area contributed by atoms with Crippen molar-refractivity contribution in [1.29, 1.82) is 0 Å². The molecule has 0 aromatic carbocycles. The molecule has 1 aliphatic rings. The van der Waals surface area contributed by atoms with Crippen LogP contribution in [0.1, 0.15) is 19.8 Å². The van der Waals surface area contributed by atoms with Gasteiger partial charge in [-0.25, -0.2) is 0 Å². The van der Waals surface area contributed by atoms with Crippen LogP contribution in [0.4, 0.5) is 0 Å². The molecule has 5 heteroatoms. The second-order valence-electron chi connectivity index (χ2n) is 4.21. The van der Waals surface area contributed by atoms with Crippen LogP contribution in [0.3, 0.4) is 0 Å². The number of ether oxygens (including phenoxy) is 2. The molecule has 0 saturated carbocycles. The van der Waals surface area contributed by atoms with E-state index in [2.05, 4.69) is 5.32 Å². The first-order valence-electron chi connectivity index (χ1n) is 5.21. The van der Waals surface area contributed by atoms with E-state index in [1.165, 1.54) is 0 Å². The van der Waals surface area contributed by atoms with Crippen molar-refractivity contribution in [3.05, 3.63) is 0 Å². The number of carbonyl (C=O) groups excluding carboxylic acids is 1. The van der Waals surface area contributed by atoms with Crippen LogP contribution in [0, 0.1) is 0 Å². The number of hydrogen-bond acceptors (Lipinski definition) is 4. The number of amides is 1. The number of nitrogens with one attached hydrogen (secondary N) is 1. The molecule has 5 nitrogen and oxygen atoms in total. The molecule has 1 aliphatic heterocycles.